The van der Waals surface area contributed by atoms with E-state index in [1.54, 1.807) is 26.8 Å². The average molecular weight is 325 g/mol. The number of carbonyl (C=O) groups is 2. The van der Waals surface area contributed by atoms with Gasteiger partial charge in [0.1, 0.15) is 5.60 Å². The van der Waals surface area contributed by atoms with E-state index in [0.29, 0.717) is 6.54 Å². The minimum Gasteiger partial charge on any atom is -0.467 e. The molecule has 0 radical (unpaired) electrons. The van der Waals surface area contributed by atoms with Gasteiger partial charge in [-0.1, -0.05) is 18.2 Å². The average Bonchev–Trinajstić information content (AvgIpc) is 2.81. The van der Waals surface area contributed by atoms with Crippen LogP contribution in [0, 0.1) is 5.92 Å². The summed E-state index contributed by atoms with van der Waals surface area (Å²) in [6.45, 7) is 11.5. The Labute approximate surface area is 138 Å². The van der Waals surface area contributed by atoms with Crippen LogP contribution < -0.4 is 0 Å². The molecule has 1 saturated heterocycles. The maximum Gasteiger partial charge on any atom is 0.411 e. The van der Waals surface area contributed by atoms with Crippen LogP contribution in [-0.2, 0) is 19.0 Å². The minimum atomic E-state index is -0.837. The molecule has 6 heteroatoms. The number of rotatable bonds is 5. The van der Waals surface area contributed by atoms with Crippen molar-refractivity contribution in [1.29, 1.82) is 0 Å². The van der Waals surface area contributed by atoms with Crippen LogP contribution in [0.5, 0.6) is 0 Å². The van der Waals surface area contributed by atoms with Crippen LogP contribution in [0.3, 0.4) is 0 Å². The molecule has 0 spiro atoms. The van der Waals surface area contributed by atoms with E-state index in [1.165, 1.54) is 12.0 Å². The Balaban J connectivity index is 3.09. The van der Waals surface area contributed by atoms with Crippen molar-refractivity contribution in [3.05, 3.63) is 24.8 Å². The second kappa shape index (κ2) is 8.15. The fourth-order valence-electron chi connectivity index (χ4n) is 2.56. The first-order chi connectivity index (χ1) is 10.7. The van der Waals surface area contributed by atoms with Crippen LogP contribution in [0.1, 0.15) is 27.7 Å². The normalized spacial score (nSPS) is 24.7. The molecule has 0 saturated carbocycles. The van der Waals surface area contributed by atoms with Crippen molar-refractivity contribution in [2.75, 3.05) is 20.3 Å². The van der Waals surface area contributed by atoms with Crippen molar-refractivity contribution < 1.29 is 23.8 Å². The summed E-state index contributed by atoms with van der Waals surface area (Å²) >= 11 is 0. The highest BCUT2D eigenvalue weighted by atomic mass is 16.6. The van der Waals surface area contributed by atoms with Crippen LogP contribution in [-0.4, -0.2) is 55.0 Å². The molecule has 1 fully saturated rings. The third-order valence-corrected chi connectivity index (χ3v) is 3.39. The molecule has 1 amide bonds. The summed E-state index contributed by atoms with van der Waals surface area (Å²) in [6.07, 6.45) is 4.36. The zero-order chi connectivity index (χ0) is 17.6. The fraction of sp³-hybridized carbons (Fsp3) is 0.647. The Morgan fingerprint density at radius 2 is 2.00 bits per heavy atom. The van der Waals surface area contributed by atoms with E-state index in [4.69, 9.17) is 14.2 Å². The number of hydrogen-bond acceptors (Lipinski definition) is 5. The topological polar surface area (TPSA) is 65.1 Å². The molecule has 0 aliphatic carbocycles. The highest BCUT2D eigenvalue weighted by Crippen LogP contribution is 2.30. The monoisotopic (exact) mass is 325 g/mol. The van der Waals surface area contributed by atoms with E-state index in [0.717, 1.165) is 0 Å². The Morgan fingerprint density at radius 1 is 1.35 bits per heavy atom. The molecule has 0 aromatic rings. The third-order valence-electron chi connectivity index (χ3n) is 3.39. The van der Waals surface area contributed by atoms with Gasteiger partial charge < -0.3 is 14.2 Å². The largest absolute Gasteiger partial charge is 0.467 e. The number of hydrogen-bond donors (Lipinski definition) is 0. The van der Waals surface area contributed by atoms with E-state index in [1.807, 2.05) is 19.1 Å². The van der Waals surface area contributed by atoms with Gasteiger partial charge in [0, 0.05) is 12.5 Å². The lowest BCUT2D eigenvalue weighted by molar-refractivity contribution is -0.149. The smallest absolute Gasteiger partial charge is 0.411 e. The van der Waals surface area contributed by atoms with Crippen molar-refractivity contribution in [1.82, 2.24) is 4.90 Å². The van der Waals surface area contributed by atoms with Crippen molar-refractivity contribution >= 4 is 12.1 Å². The van der Waals surface area contributed by atoms with Gasteiger partial charge in [-0.15, -0.1) is 6.58 Å². The van der Waals surface area contributed by atoms with E-state index in [9.17, 15) is 9.59 Å². The van der Waals surface area contributed by atoms with Gasteiger partial charge in [-0.3, -0.25) is 4.90 Å². The maximum absolute atomic E-state index is 12.5. The van der Waals surface area contributed by atoms with E-state index < -0.39 is 29.8 Å². The van der Waals surface area contributed by atoms with Crippen molar-refractivity contribution in [3.63, 3.8) is 0 Å². The van der Waals surface area contributed by atoms with Crippen LogP contribution in [0.25, 0.3) is 0 Å². The van der Waals surface area contributed by atoms with Gasteiger partial charge in [-0.25, -0.2) is 9.59 Å². The second-order valence-electron chi connectivity index (χ2n) is 6.38. The Bertz CT molecular complexity index is 466. The first-order valence-corrected chi connectivity index (χ1v) is 7.68. The number of esters is 1. The first kappa shape index (κ1) is 19.2. The van der Waals surface area contributed by atoms with Gasteiger partial charge in [0.25, 0.3) is 0 Å². The minimum absolute atomic E-state index is 0.114. The molecule has 130 valence electrons. The third kappa shape index (κ3) is 5.10. The molecule has 1 rings (SSSR count). The molecule has 0 aromatic carbocycles. The number of carbonyl (C=O) groups excluding carboxylic acids is 2. The molecule has 3 atom stereocenters. The lowest BCUT2D eigenvalue weighted by Gasteiger charge is -2.28. The molecule has 0 aromatic heterocycles. The second-order valence-corrected chi connectivity index (χ2v) is 6.38. The van der Waals surface area contributed by atoms with Crippen LogP contribution in [0.2, 0.25) is 0 Å². The lowest BCUT2D eigenvalue weighted by atomic mass is 10.0. The summed E-state index contributed by atoms with van der Waals surface area (Å²) in [6, 6.07) is -0.837. The SMILES string of the molecule is C=CCO[C@@H]1C(/C=C/C)CN(C(=O)OC(C)(C)C)[C@@H]1C(=O)OC. The maximum atomic E-state index is 12.5. The summed E-state index contributed by atoms with van der Waals surface area (Å²) < 4.78 is 16.0. The molecule has 0 bridgehead atoms. The fourth-order valence-corrected chi connectivity index (χ4v) is 2.56. The zero-order valence-corrected chi connectivity index (χ0v) is 14.6. The molecule has 1 heterocycles. The zero-order valence-electron chi connectivity index (χ0n) is 14.6. The molecule has 6 nitrogen and oxygen atoms in total. The molecule has 1 aliphatic heterocycles. The Kier molecular flexibility index (Phi) is 6.81. The molecule has 23 heavy (non-hydrogen) atoms. The summed E-state index contributed by atoms with van der Waals surface area (Å²) in [5.74, 6) is -0.631. The van der Waals surface area contributed by atoms with E-state index >= 15 is 0 Å². The highest BCUT2D eigenvalue weighted by molar-refractivity contribution is 5.83. The standard InChI is InChI=1S/C17H27NO5/c1-7-9-12-11-18(16(20)23-17(3,4)5)13(15(19)21-6)14(12)22-10-8-2/h7-9,12-14H,2,10-11H2,1,3-6H3/b9-7+/t12?,13-,14+/m0/s1. The molecule has 1 aliphatic rings. The molecular weight excluding hydrogens is 298 g/mol. The van der Waals surface area contributed by atoms with Crippen LogP contribution in [0.15, 0.2) is 24.8 Å². The van der Waals surface area contributed by atoms with Crippen LogP contribution in [0.4, 0.5) is 4.79 Å². The number of ether oxygens (including phenoxy) is 3. The molecular formula is C17H27NO5. The number of allylic oxidation sites excluding steroid dienone is 1. The lowest BCUT2D eigenvalue weighted by Crippen LogP contribution is -2.48. The highest BCUT2D eigenvalue weighted by Gasteiger charge is 2.49. The summed E-state index contributed by atoms with van der Waals surface area (Å²) in [7, 11) is 1.29. The number of amides is 1. The van der Waals surface area contributed by atoms with Gasteiger partial charge in [-0.05, 0) is 27.7 Å². The van der Waals surface area contributed by atoms with Gasteiger partial charge in [0.15, 0.2) is 6.04 Å². The van der Waals surface area contributed by atoms with E-state index in [-0.39, 0.29) is 12.5 Å². The predicted molar refractivity (Wildman–Crippen MR) is 87.0 cm³/mol. The van der Waals surface area contributed by atoms with Crippen molar-refractivity contribution in [2.45, 2.75) is 45.4 Å². The number of nitrogens with zero attached hydrogens (tertiary/aromatic N) is 1. The number of likely N-dealkylation sites (tertiary alicyclic amines) is 1. The van der Waals surface area contributed by atoms with Crippen molar-refractivity contribution in [2.24, 2.45) is 5.92 Å². The van der Waals surface area contributed by atoms with Gasteiger partial charge in [0.2, 0.25) is 0 Å². The Morgan fingerprint density at radius 3 is 2.48 bits per heavy atom. The molecule has 1 unspecified atom stereocenters. The van der Waals surface area contributed by atoms with Gasteiger partial charge in [0.05, 0.1) is 19.8 Å². The van der Waals surface area contributed by atoms with Crippen molar-refractivity contribution in [3.8, 4) is 0 Å². The first-order valence-electron chi connectivity index (χ1n) is 7.68. The molecule has 0 N–H and O–H groups in total. The Hall–Kier alpha value is -1.82. The van der Waals surface area contributed by atoms with Crippen LogP contribution >= 0.6 is 0 Å². The van der Waals surface area contributed by atoms with Gasteiger partial charge in [-0.2, -0.15) is 0 Å². The summed E-state index contributed by atoms with van der Waals surface area (Å²) in [4.78, 5) is 26.1. The predicted octanol–water partition coefficient (Wildman–Crippen LogP) is 2.54. The number of methoxy groups -OCH3 is 1. The van der Waals surface area contributed by atoms with Gasteiger partial charge >= 0.3 is 12.1 Å². The quantitative estimate of drug-likeness (QED) is 0.574. The summed E-state index contributed by atoms with van der Waals surface area (Å²) in [5, 5.41) is 0. The summed E-state index contributed by atoms with van der Waals surface area (Å²) in [5.41, 5.74) is -0.645. The van der Waals surface area contributed by atoms with E-state index in [2.05, 4.69) is 6.58 Å².